The van der Waals surface area contributed by atoms with Gasteiger partial charge in [-0.1, -0.05) is 18.6 Å². The molecule has 0 fully saturated rings. The minimum absolute atomic E-state index is 0.0261. The number of carbonyl (C=O) groups excluding carboxylic acids is 1. The molecule has 0 aliphatic heterocycles. The standard InChI is InChI=1S/C10H11NO/c1-4-8-5-7(2)6-9(12)10(8)11-3/h5H,4,6H2,1-2H3. The van der Waals surface area contributed by atoms with Gasteiger partial charge in [0.25, 0.3) is 0 Å². The molecule has 62 valence electrons. The Labute approximate surface area is 72.4 Å². The molecule has 0 saturated heterocycles. The lowest BCUT2D eigenvalue weighted by atomic mass is 9.95. The van der Waals surface area contributed by atoms with Gasteiger partial charge in [-0.2, -0.15) is 0 Å². The van der Waals surface area contributed by atoms with Crippen LogP contribution in [-0.4, -0.2) is 5.78 Å². The van der Waals surface area contributed by atoms with Crippen molar-refractivity contribution in [1.82, 2.24) is 0 Å². The summed E-state index contributed by atoms with van der Waals surface area (Å²) in [6.07, 6.45) is 3.14. The Bertz CT molecular complexity index is 315. The fourth-order valence-electron chi connectivity index (χ4n) is 1.34. The van der Waals surface area contributed by atoms with Crippen LogP contribution in [0, 0.1) is 6.57 Å². The third-order valence-electron chi connectivity index (χ3n) is 1.92. The van der Waals surface area contributed by atoms with Gasteiger partial charge in [0.1, 0.15) is 0 Å². The predicted molar refractivity (Wildman–Crippen MR) is 47.3 cm³/mol. The fourth-order valence-corrected chi connectivity index (χ4v) is 1.34. The third-order valence-corrected chi connectivity index (χ3v) is 1.92. The largest absolute Gasteiger partial charge is 0.307 e. The maximum absolute atomic E-state index is 11.3. The van der Waals surface area contributed by atoms with Crippen molar-refractivity contribution in [2.24, 2.45) is 0 Å². The average molecular weight is 161 g/mol. The molecular formula is C10H11NO. The molecule has 0 atom stereocenters. The summed E-state index contributed by atoms with van der Waals surface area (Å²) >= 11 is 0. The highest BCUT2D eigenvalue weighted by atomic mass is 16.1. The van der Waals surface area contributed by atoms with Crippen molar-refractivity contribution in [1.29, 1.82) is 0 Å². The van der Waals surface area contributed by atoms with E-state index in [1.54, 1.807) is 0 Å². The lowest BCUT2D eigenvalue weighted by Crippen LogP contribution is -2.07. The highest BCUT2D eigenvalue weighted by Crippen LogP contribution is 2.23. The number of hydrogen-bond donors (Lipinski definition) is 0. The van der Waals surface area contributed by atoms with Crippen LogP contribution in [0.3, 0.4) is 0 Å². The molecule has 0 amide bonds. The first-order valence-electron chi connectivity index (χ1n) is 4.00. The number of allylic oxidation sites excluding steroid dienone is 4. The second kappa shape index (κ2) is 3.36. The maximum Gasteiger partial charge on any atom is 0.232 e. The summed E-state index contributed by atoms with van der Waals surface area (Å²) in [5.41, 5.74) is 2.28. The monoisotopic (exact) mass is 161 g/mol. The topological polar surface area (TPSA) is 21.4 Å². The average Bonchev–Trinajstić information content (AvgIpc) is 2.03. The minimum Gasteiger partial charge on any atom is -0.307 e. The molecule has 0 radical (unpaired) electrons. The van der Waals surface area contributed by atoms with Crippen LogP contribution >= 0.6 is 0 Å². The van der Waals surface area contributed by atoms with Gasteiger partial charge < -0.3 is 4.79 Å². The second-order valence-electron chi connectivity index (χ2n) is 2.93. The lowest BCUT2D eigenvalue weighted by Gasteiger charge is -2.11. The van der Waals surface area contributed by atoms with E-state index >= 15 is 0 Å². The Hall–Kier alpha value is -1.36. The fraction of sp³-hybridized carbons (Fsp3) is 0.400. The smallest absolute Gasteiger partial charge is 0.232 e. The Morgan fingerprint density at radius 3 is 2.83 bits per heavy atom. The van der Waals surface area contributed by atoms with E-state index < -0.39 is 0 Å². The van der Waals surface area contributed by atoms with E-state index in [2.05, 4.69) is 4.85 Å². The van der Waals surface area contributed by atoms with Crippen LogP contribution in [0.5, 0.6) is 0 Å². The van der Waals surface area contributed by atoms with Crippen molar-refractivity contribution in [2.45, 2.75) is 26.7 Å². The predicted octanol–water partition coefficient (Wildman–Crippen LogP) is 2.49. The van der Waals surface area contributed by atoms with E-state index in [-0.39, 0.29) is 5.78 Å². The van der Waals surface area contributed by atoms with Crippen LogP contribution in [0.4, 0.5) is 0 Å². The number of ketones is 1. The summed E-state index contributed by atoms with van der Waals surface area (Å²) in [6.45, 7) is 10.7. The number of Topliss-reactive ketones (excluding diaryl/α,β-unsaturated/α-hetero) is 1. The lowest BCUT2D eigenvalue weighted by molar-refractivity contribution is -0.114. The van der Waals surface area contributed by atoms with Gasteiger partial charge in [0, 0.05) is 6.42 Å². The van der Waals surface area contributed by atoms with Gasteiger partial charge in [0.05, 0.1) is 6.57 Å². The van der Waals surface area contributed by atoms with Crippen molar-refractivity contribution in [3.05, 3.63) is 34.3 Å². The molecule has 2 nitrogen and oxygen atoms in total. The Kier molecular flexibility index (Phi) is 2.44. The zero-order valence-electron chi connectivity index (χ0n) is 7.35. The van der Waals surface area contributed by atoms with Gasteiger partial charge in [-0.3, -0.25) is 0 Å². The zero-order valence-corrected chi connectivity index (χ0v) is 7.35. The van der Waals surface area contributed by atoms with Gasteiger partial charge in [-0.05, 0) is 18.9 Å². The summed E-state index contributed by atoms with van der Waals surface area (Å²) in [7, 11) is 0. The molecule has 0 spiro atoms. The summed E-state index contributed by atoms with van der Waals surface area (Å²) < 4.78 is 0. The molecule has 0 heterocycles. The van der Waals surface area contributed by atoms with E-state index in [1.807, 2.05) is 19.9 Å². The van der Waals surface area contributed by atoms with E-state index in [1.165, 1.54) is 0 Å². The molecule has 1 aliphatic rings. The molecule has 2 heteroatoms. The number of nitrogens with zero attached hydrogens (tertiary/aromatic N) is 1. The molecule has 0 aromatic carbocycles. The van der Waals surface area contributed by atoms with E-state index in [4.69, 9.17) is 6.57 Å². The van der Waals surface area contributed by atoms with Crippen molar-refractivity contribution in [3.63, 3.8) is 0 Å². The molecule has 0 aromatic heterocycles. The Balaban J connectivity index is 3.15. The second-order valence-corrected chi connectivity index (χ2v) is 2.93. The minimum atomic E-state index is -0.0261. The molecule has 0 unspecified atom stereocenters. The highest BCUT2D eigenvalue weighted by Gasteiger charge is 2.18. The molecule has 0 bridgehead atoms. The summed E-state index contributed by atoms with van der Waals surface area (Å²) in [4.78, 5) is 14.5. The van der Waals surface area contributed by atoms with Crippen LogP contribution in [0.2, 0.25) is 0 Å². The maximum atomic E-state index is 11.3. The van der Waals surface area contributed by atoms with Gasteiger partial charge in [-0.25, -0.2) is 4.85 Å². The van der Waals surface area contributed by atoms with Gasteiger partial charge in [0.15, 0.2) is 5.78 Å². The van der Waals surface area contributed by atoms with Crippen molar-refractivity contribution in [3.8, 4) is 0 Å². The molecule has 1 rings (SSSR count). The zero-order chi connectivity index (χ0) is 9.14. The number of hydrogen-bond acceptors (Lipinski definition) is 1. The van der Waals surface area contributed by atoms with E-state index in [0.29, 0.717) is 12.1 Å². The Morgan fingerprint density at radius 2 is 2.33 bits per heavy atom. The molecular weight excluding hydrogens is 150 g/mol. The van der Waals surface area contributed by atoms with Gasteiger partial charge in [-0.15, -0.1) is 0 Å². The van der Waals surface area contributed by atoms with E-state index in [0.717, 1.165) is 17.6 Å². The van der Waals surface area contributed by atoms with Crippen LogP contribution in [0.15, 0.2) is 22.9 Å². The van der Waals surface area contributed by atoms with Crippen molar-refractivity contribution in [2.75, 3.05) is 0 Å². The van der Waals surface area contributed by atoms with Crippen LogP contribution in [-0.2, 0) is 4.79 Å². The number of carbonyl (C=O) groups is 1. The SMILES string of the molecule is [C-]#[N+]C1=C(CC)C=C(C)CC1=O. The summed E-state index contributed by atoms with van der Waals surface area (Å²) in [6, 6.07) is 0. The van der Waals surface area contributed by atoms with E-state index in [9.17, 15) is 4.79 Å². The summed E-state index contributed by atoms with van der Waals surface area (Å²) in [5.74, 6) is -0.0261. The molecule has 12 heavy (non-hydrogen) atoms. The molecule has 1 aliphatic carbocycles. The molecule has 0 aromatic rings. The third kappa shape index (κ3) is 1.45. The highest BCUT2D eigenvalue weighted by molar-refractivity contribution is 6.00. The first-order valence-corrected chi connectivity index (χ1v) is 4.00. The van der Waals surface area contributed by atoms with Crippen molar-refractivity contribution < 1.29 is 4.79 Å². The van der Waals surface area contributed by atoms with Gasteiger partial charge in [0.2, 0.25) is 5.70 Å². The Morgan fingerprint density at radius 1 is 1.67 bits per heavy atom. The molecule has 0 N–H and O–H groups in total. The van der Waals surface area contributed by atoms with Gasteiger partial charge >= 0.3 is 0 Å². The van der Waals surface area contributed by atoms with Crippen molar-refractivity contribution >= 4 is 5.78 Å². The quantitative estimate of drug-likeness (QED) is 0.541. The van der Waals surface area contributed by atoms with Crippen LogP contribution in [0.1, 0.15) is 26.7 Å². The normalized spacial score (nSPS) is 17.4. The first kappa shape index (κ1) is 8.73. The summed E-state index contributed by atoms with van der Waals surface area (Å²) in [5, 5.41) is 0. The number of rotatable bonds is 1. The van der Waals surface area contributed by atoms with Crippen LogP contribution < -0.4 is 0 Å². The molecule has 0 saturated carbocycles. The first-order chi connectivity index (χ1) is 5.69. The van der Waals surface area contributed by atoms with Crippen LogP contribution in [0.25, 0.3) is 4.85 Å².